The highest BCUT2D eigenvalue weighted by atomic mass is 35.5. The van der Waals surface area contributed by atoms with Gasteiger partial charge < -0.3 is 9.84 Å². The summed E-state index contributed by atoms with van der Waals surface area (Å²) in [6.45, 7) is 1.88. The molecule has 0 fully saturated rings. The fourth-order valence-electron chi connectivity index (χ4n) is 0.948. The first-order chi connectivity index (χ1) is 6.63. The normalized spacial score (nSPS) is 9.86. The second-order valence-corrected chi connectivity index (χ2v) is 3.25. The van der Waals surface area contributed by atoms with Crippen LogP contribution >= 0.6 is 11.6 Å². The van der Waals surface area contributed by atoms with Gasteiger partial charge in [-0.15, -0.1) is 0 Å². The zero-order chi connectivity index (χ0) is 10.6. The van der Waals surface area contributed by atoms with E-state index in [1.165, 1.54) is 18.2 Å². The average molecular weight is 215 g/mol. The molecule has 0 heterocycles. The number of ether oxygens (including phenoxy) is 1. The molecular weight excluding hydrogens is 204 g/mol. The summed E-state index contributed by atoms with van der Waals surface area (Å²) in [7, 11) is 0. The van der Waals surface area contributed by atoms with E-state index in [0.29, 0.717) is 11.4 Å². The minimum absolute atomic E-state index is 0.0219. The van der Waals surface area contributed by atoms with Gasteiger partial charge in [-0.2, -0.15) is 0 Å². The van der Waals surface area contributed by atoms with Gasteiger partial charge in [-0.1, -0.05) is 18.5 Å². The highest BCUT2D eigenvalue weighted by molar-refractivity contribution is 6.32. The monoisotopic (exact) mass is 214 g/mol. The van der Waals surface area contributed by atoms with Crippen molar-refractivity contribution >= 4 is 17.6 Å². The first-order valence-corrected chi connectivity index (χ1v) is 4.70. The van der Waals surface area contributed by atoms with Crippen LogP contribution in [-0.2, 0) is 4.79 Å². The number of hydrogen-bond donors (Lipinski definition) is 1. The van der Waals surface area contributed by atoms with E-state index in [4.69, 9.17) is 21.4 Å². The Hall–Kier alpha value is -1.22. The molecule has 1 aromatic carbocycles. The molecule has 1 rings (SSSR count). The second-order valence-electron chi connectivity index (χ2n) is 2.84. The highest BCUT2D eigenvalue weighted by Gasteiger charge is 2.07. The van der Waals surface area contributed by atoms with Gasteiger partial charge in [0.1, 0.15) is 5.75 Å². The van der Waals surface area contributed by atoms with E-state index >= 15 is 0 Å². The Balaban J connectivity index is 2.75. The van der Waals surface area contributed by atoms with E-state index in [-0.39, 0.29) is 17.5 Å². The van der Waals surface area contributed by atoms with Gasteiger partial charge in [-0.05, 0) is 18.6 Å². The largest absolute Gasteiger partial charge is 0.508 e. The lowest BCUT2D eigenvalue weighted by atomic mass is 10.3. The van der Waals surface area contributed by atoms with Crippen molar-refractivity contribution in [1.29, 1.82) is 0 Å². The number of benzene rings is 1. The van der Waals surface area contributed by atoms with Crippen molar-refractivity contribution < 1.29 is 14.6 Å². The molecule has 0 bridgehead atoms. The van der Waals surface area contributed by atoms with E-state index < -0.39 is 0 Å². The molecule has 14 heavy (non-hydrogen) atoms. The number of phenols is 1. The summed E-state index contributed by atoms with van der Waals surface area (Å²) in [5, 5.41) is 9.44. The molecule has 0 amide bonds. The molecule has 0 unspecified atom stereocenters. The second kappa shape index (κ2) is 4.86. The molecule has 3 nitrogen and oxygen atoms in total. The Morgan fingerprint density at radius 3 is 2.93 bits per heavy atom. The molecule has 0 aliphatic heterocycles. The third-order valence-corrected chi connectivity index (χ3v) is 1.90. The van der Waals surface area contributed by atoms with E-state index in [9.17, 15) is 4.79 Å². The number of carbonyl (C=O) groups excluding carboxylic acids is 1. The van der Waals surface area contributed by atoms with Crippen molar-refractivity contribution in [2.45, 2.75) is 19.8 Å². The predicted octanol–water partition coefficient (Wildman–Crippen LogP) is 2.75. The van der Waals surface area contributed by atoms with Gasteiger partial charge in [0.15, 0.2) is 5.75 Å². The maximum atomic E-state index is 11.1. The fraction of sp³-hybridized carbons (Fsp3) is 0.300. The average Bonchev–Trinajstić information content (AvgIpc) is 2.12. The van der Waals surface area contributed by atoms with E-state index in [1.54, 1.807) is 0 Å². The summed E-state index contributed by atoms with van der Waals surface area (Å²) >= 11 is 5.75. The van der Waals surface area contributed by atoms with Gasteiger partial charge in [0, 0.05) is 12.5 Å². The van der Waals surface area contributed by atoms with Gasteiger partial charge in [0.25, 0.3) is 0 Å². The first kappa shape index (κ1) is 10.9. The molecule has 0 spiro atoms. The van der Waals surface area contributed by atoms with Crippen LogP contribution < -0.4 is 4.74 Å². The molecular formula is C10H11ClO3. The summed E-state index contributed by atoms with van der Waals surface area (Å²) in [4.78, 5) is 11.1. The number of esters is 1. The molecule has 76 valence electrons. The van der Waals surface area contributed by atoms with E-state index in [1.807, 2.05) is 6.92 Å². The number of carbonyl (C=O) groups is 1. The smallest absolute Gasteiger partial charge is 0.311 e. The summed E-state index contributed by atoms with van der Waals surface area (Å²) in [5.41, 5.74) is 0. The van der Waals surface area contributed by atoms with Crippen LogP contribution in [0.15, 0.2) is 18.2 Å². The van der Waals surface area contributed by atoms with Gasteiger partial charge in [0.05, 0.1) is 5.02 Å². The number of rotatable bonds is 3. The summed E-state index contributed by atoms with van der Waals surface area (Å²) in [6.07, 6.45) is 1.06. The number of aromatic hydroxyl groups is 1. The van der Waals surface area contributed by atoms with Crippen LogP contribution in [0.2, 0.25) is 5.02 Å². The molecule has 1 aromatic rings. The molecule has 0 aliphatic carbocycles. The molecule has 0 aliphatic rings. The Labute approximate surface area is 87.3 Å². The quantitative estimate of drug-likeness (QED) is 0.622. The zero-order valence-corrected chi connectivity index (χ0v) is 8.54. The Kier molecular flexibility index (Phi) is 3.77. The molecule has 0 atom stereocenters. The third-order valence-electron chi connectivity index (χ3n) is 1.59. The minimum Gasteiger partial charge on any atom is -0.508 e. The molecule has 0 saturated heterocycles. The third kappa shape index (κ3) is 2.92. The summed E-state index contributed by atoms with van der Waals surface area (Å²) in [6, 6.07) is 4.22. The van der Waals surface area contributed by atoms with Crippen LogP contribution in [-0.4, -0.2) is 11.1 Å². The van der Waals surface area contributed by atoms with E-state index in [2.05, 4.69) is 0 Å². The summed E-state index contributed by atoms with van der Waals surface area (Å²) in [5.74, 6) is -0.126. The first-order valence-electron chi connectivity index (χ1n) is 4.32. The lowest BCUT2D eigenvalue weighted by molar-refractivity contribution is -0.134. The lowest BCUT2D eigenvalue weighted by Gasteiger charge is -2.05. The van der Waals surface area contributed by atoms with Crippen LogP contribution in [0.25, 0.3) is 0 Å². The van der Waals surface area contributed by atoms with Crippen LogP contribution in [0.3, 0.4) is 0 Å². The van der Waals surface area contributed by atoms with Gasteiger partial charge >= 0.3 is 5.97 Å². The van der Waals surface area contributed by atoms with Crippen molar-refractivity contribution in [3.8, 4) is 11.5 Å². The van der Waals surface area contributed by atoms with Crippen molar-refractivity contribution in [1.82, 2.24) is 0 Å². The number of hydrogen-bond acceptors (Lipinski definition) is 3. The highest BCUT2D eigenvalue weighted by Crippen LogP contribution is 2.28. The van der Waals surface area contributed by atoms with Gasteiger partial charge in [-0.3, -0.25) is 4.79 Å². The summed E-state index contributed by atoms with van der Waals surface area (Å²) < 4.78 is 4.94. The van der Waals surface area contributed by atoms with Crippen LogP contribution in [0, 0.1) is 0 Å². The Morgan fingerprint density at radius 1 is 1.57 bits per heavy atom. The van der Waals surface area contributed by atoms with Crippen molar-refractivity contribution in [2.24, 2.45) is 0 Å². The topological polar surface area (TPSA) is 46.5 Å². The van der Waals surface area contributed by atoms with Crippen molar-refractivity contribution in [2.75, 3.05) is 0 Å². The van der Waals surface area contributed by atoms with Crippen molar-refractivity contribution in [3.63, 3.8) is 0 Å². The van der Waals surface area contributed by atoms with Crippen molar-refractivity contribution in [3.05, 3.63) is 23.2 Å². The van der Waals surface area contributed by atoms with Gasteiger partial charge in [-0.25, -0.2) is 0 Å². The minimum atomic E-state index is -0.347. The molecule has 0 saturated carbocycles. The lowest BCUT2D eigenvalue weighted by Crippen LogP contribution is -2.06. The fourth-order valence-corrected chi connectivity index (χ4v) is 1.10. The molecule has 4 heteroatoms. The SMILES string of the molecule is CCCC(=O)Oc1cc(O)ccc1Cl. The molecule has 1 N–H and O–H groups in total. The maximum Gasteiger partial charge on any atom is 0.311 e. The van der Waals surface area contributed by atoms with E-state index in [0.717, 1.165) is 6.42 Å². The van der Waals surface area contributed by atoms with Gasteiger partial charge in [0.2, 0.25) is 0 Å². The predicted molar refractivity (Wildman–Crippen MR) is 53.7 cm³/mol. The standard InChI is InChI=1S/C10H11ClO3/c1-2-3-10(13)14-9-6-7(12)4-5-8(9)11/h4-6,12H,2-3H2,1H3. The maximum absolute atomic E-state index is 11.1. The Bertz CT molecular complexity index is 336. The number of phenolic OH excluding ortho intramolecular Hbond substituents is 1. The van der Waals surface area contributed by atoms with Crippen LogP contribution in [0.4, 0.5) is 0 Å². The van der Waals surface area contributed by atoms with Crippen LogP contribution in [0.1, 0.15) is 19.8 Å². The Morgan fingerprint density at radius 2 is 2.29 bits per heavy atom. The van der Waals surface area contributed by atoms with Crippen LogP contribution in [0.5, 0.6) is 11.5 Å². The molecule has 0 radical (unpaired) electrons. The zero-order valence-electron chi connectivity index (χ0n) is 7.79. The number of halogens is 1. The molecule has 0 aromatic heterocycles.